The number of carbonyl (C=O) groups is 2. The van der Waals surface area contributed by atoms with Crippen LogP contribution in [0.2, 0.25) is 0 Å². The molecule has 4 nitrogen and oxygen atoms in total. The number of fused-ring (bicyclic) bond motifs is 4. The molecule has 0 amide bonds. The minimum absolute atomic E-state index is 0.0653. The van der Waals surface area contributed by atoms with Gasteiger partial charge in [0.2, 0.25) is 0 Å². The average molecular weight is 548 g/mol. The standard InChI is InChI=1S/C36H53NO3/c1-6-10-33(37-25(7-2)8-3)24-11-9-12-27(21-24)40-20-19-36-18-17-28-29-14-13-26(38)22-32(29)35(4,5)23-30(28)31(36)15-16-34(36)39/h9,11-12,21,25,28,30-31,33,37H,6-8,10,13-20,22-23H2,1-5H3/t28?,30?,31?,33?,36-/m1/s1. The van der Waals surface area contributed by atoms with Gasteiger partial charge in [-0.05, 0) is 98.7 Å². The van der Waals surface area contributed by atoms with Crippen LogP contribution in [0.1, 0.15) is 130 Å². The van der Waals surface area contributed by atoms with Gasteiger partial charge in [-0.3, -0.25) is 9.59 Å². The number of nitrogens with one attached hydrogen (secondary N) is 1. The van der Waals surface area contributed by atoms with E-state index in [2.05, 4.69) is 64.2 Å². The highest BCUT2D eigenvalue weighted by atomic mass is 16.5. The number of benzene rings is 1. The van der Waals surface area contributed by atoms with Crippen LogP contribution in [-0.4, -0.2) is 24.2 Å². The maximum absolute atomic E-state index is 13.6. The minimum Gasteiger partial charge on any atom is -0.494 e. The number of ether oxygens (including phenoxy) is 1. The molecule has 4 unspecified atom stereocenters. The van der Waals surface area contributed by atoms with E-state index in [0.717, 1.165) is 76.4 Å². The third kappa shape index (κ3) is 5.59. The van der Waals surface area contributed by atoms with E-state index in [9.17, 15) is 9.59 Å². The average Bonchev–Trinajstić information content (AvgIpc) is 3.27. The first-order valence-corrected chi connectivity index (χ1v) is 16.5. The highest BCUT2D eigenvalue weighted by Crippen LogP contribution is 2.64. The van der Waals surface area contributed by atoms with Crippen molar-refractivity contribution in [2.75, 3.05) is 6.61 Å². The maximum atomic E-state index is 13.6. The molecule has 0 bridgehead atoms. The second-order valence-corrected chi connectivity index (χ2v) is 14.0. The molecule has 220 valence electrons. The van der Waals surface area contributed by atoms with E-state index in [0.29, 0.717) is 60.9 Å². The van der Waals surface area contributed by atoms with Gasteiger partial charge < -0.3 is 10.1 Å². The van der Waals surface area contributed by atoms with Gasteiger partial charge in [0.05, 0.1) is 6.61 Å². The molecule has 2 saturated carbocycles. The van der Waals surface area contributed by atoms with Crippen molar-refractivity contribution in [2.24, 2.45) is 28.6 Å². The Kier molecular flexibility index (Phi) is 8.95. The summed E-state index contributed by atoms with van der Waals surface area (Å²) in [7, 11) is 0. The topological polar surface area (TPSA) is 55.4 Å². The first kappa shape index (κ1) is 29.5. The van der Waals surface area contributed by atoms with Gasteiger partial charge in [-0.25, -0.2) is 0 Å². The Morgan fingerprint density at radius 1 is 1.05 bits per heavy atom. The molecule has 4 aliphatic carbocycles. The Hall–Kier alpha value is -1.94. The van der Waals surface area contributed by atoms with E-state index in [-0.39, 0.29) is 10.8 Å². The molecule has 0 aromatic heterocycles. The number of hydrogen-bond acceptors (Lipinski definition) is 4. The quantitative estimate of drug-likeness (QED) is 0.282. The first-order chi connectivity index (χ1) is 19.2. The Labute approximate surface area is 243 Å². The predicted octanol–water partition coefficient (Wildman–Crippen LogP) is 8.55. The van der Waals surface area contributed by atoms with Crippen molar-refractivity contribution in [3.8, 4) is 5.75 Å². The molecule has 4 heteroatoms. The highest BCUT2D eigenvalue weighted by molar-refractivity contribution is 5.88. The summed E-state index contributed by atoms with van der Waals surface area (Å²) in [6, 6.07) is 9.53. The van der Waals surface area contributed by atoms with Gasteiger partial charge in [0, 0.05) is 36.8 Å². The molecule has 2 fully saturated rings. The van der Waals surface area contributed by atoms with E-state index in [4.69, 9.17) is 4.74 Å². The number of ketones is 2. The molecule has 0 spiro atoms. The summed E-state index contributed by atoms with van der Waals surface area (Å²) >= 11 is 0. The number of Topliss-reactive ketones (excluding diaryl/α,β-unsaturated/α-hetero) is 2. The zero-order valence-corrected chi connectivity index (χ0v) is 25.8. The van der Waals surface area contributed by atoms with Crippen LogP contribution in [0, 0.1) is 28.6 Å². The Bertz CT molecular complexity index is 1110. The second kappa shape index (κ2) is 12.1. The smallest absolute Gasteiger partial charge is 0.139 e. The summed E-state index contributed by atoms with van der Waals surface area (Å²) < 4.78 is 6.43. The van der Waals surface area contributed by atoms with E-state index in [1.807, 2.05) is 0 Å². The van der Waals surface area contributed by atoms with E-state index < -0.39 is 0 Å². The van der Waals surface area contributed by atoms with Crippen molar-refractivity contribution >= 4 is 11.6 Å². The van der Waals surface area contributed by atoms with Crippen LogP contribution in [0.5, 0.6) is 5.75 Å². The third-order valence-corrected chi connectivity index (χ3v) is 11.4. The van der Waals surface area contributed by atoms with Crippen LogP contribution in [0.3, 0.4) is 0 Å². The zero-order chi connectivity index (χ0) is 28.5. The molecule has 0 saturated heterocycles. The predicted molar refractivity (Wildman–Crippen MR) is 162 cm³/mol. The molecule has 0 aliphatic heterocycles. The summed E-state index contributed by atoms with van der Waals surface area (Å²) in [5.41, 5.74) is 4.20. The molecule has 40 heavy (non-hydrogen) atoms. The van der Waals surface area contributed by atoms with Gasteiger partial charge in [-0.15, -0.1) is 0 Å². The lowest BCUT2D eigenvalue weighted by molar-refractivity contribution is -0.133. The van der Waals surface area contributed by atoms with Crippen molar-refractivity contribution in [1.29, 1.82) is 0 Å². The Morgan fingerprint density at radius 2 is 1.85 bits per heavy atom. The highest BCUT2D eigenvalue weighted by Gasteiger charge is 2.59. The molecule has 4 aliphatic rings. The Morgan fingerprint density at radius 3 is 2.60 bits per heavy atom. The number of hydrogen-bond donors (Lipinski definition) is 1. The first-order valence-electron chi connectivity index (χ1n) is 16.5. The van der Waals surface area contributed by atoms with Gasteiger partial charge in [0.15, 0.2) is 0 Å². The third-order valence-electron chi connectivity index (χ3n) is 11.4. The summed E-state index contributed by atoms with van der Waals surface area (Å²) in [6.07, 6.45) is 12.7. The fraction of sp³-hybridized carbons (Fsp3) is 0.722. The van der Waals surface area contributed by atoms with Crippen molar-refractivity contribution in [3.63, 3.8) is 0 Å². The normalized spacial score (nSPS) is 30.2. The molecular formula is C36H53NO3. The molecular weight excluding hydrogens is 494 g/mol. The van der Waals surface area contributed by atoms with E-state index in [1.165, 1.54) is 11.1 Å². The fourth-order valence-corrected chi connectivity index (χ4v) is 9.28. The molecule has 1 aromatic rings. The van der Waals surface area contributed by atoms with Crippen LogP contribution in [-0.2, 0) is 9.59 Å². The van der Waals surface area contributed by atoms with Crippen LogP contribution >= 0.6 is 0 Å². The molecule has 5 rings (SSSR count). The van der Waals surface area contributed by atoms with Gasteiger partial charge in [0.1, 0.15) is 17.3 Å². The SMILES string of the molecule is CCCC(NC(CC)CC)c1cccc(OCC[C@]23CCC4C5=C(CC(=O)CC5)C(C)(C)CC4C2CCC3=O)c1. The fourth-order valence-electron chi connectivity index (χ4n) is 9.28. The minimum atomic E-state index is -0.223. The van der Waals surface area contributed by atoms with E-state index >= 15 is 0 Å². The molecule has 1 aromatic carbocycles. The van der Waals surface area contributed by atoms with Crippen LogP contribution < -0.4 is 10.1 Å². The molecule has 1 N–H and O–H groups in total. The summed E-state index contributed by atoms with van der Waals surface area (Å²) in [6.45, 7) is 12.1. The van der Waals surface area contributed by atoms with Crippen molar-refractivity contribution < 1.29 is 14.3 Å². The summed E-state index contributed by atoms with van der Waals surface area (Å²) in [5, 5.41) is 3.87. The summed E-state index contributed by atoms with van der Waals surface area (Å²) in [4.78, 5) is 25.9. The lowest BCUT2D eigenvalue weighted by Gasteiger charge is -2.54. The van der Waals surface area contributed by atoms with Gasteiger partial charge in [-0.2, -0.15) is 0 Å². The molecule has 0 radical (unpaired) electrons. The van der Waals surface area contributed by atoms with Gasteiger partial charge in [0.25, 0.3) is 0 Å². The zero-order valence-electron chi connectivity index (χ0n) is 25.8. The number of rotatable bonds is 11. The lowest BCUT2D eigenvalue weighted by atomic mass is 9.49. The van der Waals surface area contributed by atoms with Gasteiger partial charge in [-0.1, -0.05) is 64.3 Å². The van der Waals surface area contributed by atoms with Crippen molar-refractivity contribution in [2.45, 2.75) is 130 Å². The second-order valence-electron chi connectivity index (χ2n) is 14.0. The largest absolute Gasteiger partial charge is 0.494 e. The van der Waals surface area contributed by atoms with Crippen molar-refractivity contribution in [3.05, 3.63) is 41.0 Å². The van der Waals surface area contributed by atoms with Crippen LogP contribution in [0.15, 0.2) is 35.4 Å². The molecule has 5 atom stereocenters. The summed E-state index contributed by atoms with van der Waals surface area (Å²) in [5.74, 6) is 3.43. The molecule has 0 heterocycles. The number of allylic oxidation sites excluding steroid dienone is 2. The van der Waals surface area contributed by atoms with Crippen molar-refractivity contribution in [1.82, 2.24) is 5.32 Å². The Balaban J connectivity index is 1.29. The van der Waals surface area contributed by atoms with Gasteiger partial charge >= 0.3 is 0 Å². The van der Waals surface area contributed by atoms with E-state index in [1.54, 1.807) is 5.57 Å². The maximum Gasteiger partial charge on any atom is 0.139 e. The van der Waals surface area contributed by atoms with Crippen LogP contribution in [0.25, 0.3) is 0 Å². The number of carbonyl (C=O) groups excluding carboxylic acids is 2. The van der Waals surface area contributed by atoms with Crippen LogP contribution in [0.4, 0.5) is 0 Å². The lowest BCUT2D eigenvalue weighted by Crippen LogP contribution is -2.49. The monoisotopic (exact) mass is 547 g/mol.